The van der Waals surface area contributed by atoms with Crippen LogP contribution in [0.1, 0.15) is 31.9 Å². The van der Waals surface area contributed by atoms with E-state index in [0.717, 1.165) is 22.9 Å². The first kappa shape index (κ1) is 11.0. The summed E-state index contributed by atoms with van der Waals surface area (Å²) < 4.78 is 0. The Morgan fingerprint density at radius 2 is 2.06 bits per heavy atom. The van der Waals surface area contributed by atoms with Gasteiger partial charge in [0.05, 0.1) is 18.0 Å². The second-order valence-corrected chi connectivity index (χ2v) is 4.08. The SMILES string of the molecule is CCC(O)C(C)c1nncc2ccccc12. The fourth-order valence-corrected chi connectivity index (χ4v) is 1.92. The maximum atomic E-state index is 9.87. The van der Waals surface area contributed by atoms with Crippen molar-refractivity contribution in [2.45, 2.75) is 32.3 Å². The van der Waals surface area contributed by atoms with Crippen molar-refractivity contribution < 1.29 is 5.11 Å². The molecule has 0 aliphatic heterocycles. The van der Waals surface area contributed by atoms with Gasteiger partial charge in [-0.05, 0) is 6.42 Å². The van der Waals surface area contributed by atoms with Crippen LogP contribution in [0, 0.1) is 0 Å². The van der Waals surface area contributed by atoms with Crippen LogP contribution in [0.3, 0.4) is 0 Å². The Labute approximate surface area is 95.1 Å². The van der Waals surface area contributed by atoms with E-state index in [1.807, 2.05) is 38.1 Å². The topological polar surface area (TPSA) is 46.0 Å². The highest BCUT2D eigenvalue weighted by molar-refractivity contribution is 5.83. The smallest absolute Gasteiger partial charge is 0.0763 e. The summed E-state index contributed by atoms with van der Waals surface area (Å²) in [6, 6.07) is 8.00. The van der Waals surface area contributed by atoms with Crippen molar-refractivity contribution in [3.05, 3.63) is 36.2 Å². The normalized spacial score (nSPS) is 14.9. The molecule has 2 rings (SSSR count). The van der Waals surface area contributed by atoms with E-state index in [4.69, 9.17) is 0 Å². The van der Waals surface area contributed by atoms with Gasteiger partial charge in [0.2, 0.25) is 0 Å². The Bertz CT molecular complexity index is 479. The summed E-state index contributed by atoms with van der Waals surface area (Å²) in [5.41, 5.74) is 0.882. The zero-order valence-electron chi connectivity index (χ0n) is 9.59. The molecular weight excluding hydrogens is 200 g/mol. The highest BCUT2D eigenvalue weighted by Gasteiger charge is 2.18. The zero-order valence-corrected chi connectivity index (χ0v) is 9.59. The van der Waals surface area contributed by atoms with Crippen LogP contribution in [-0.2, 0) is 0 Å². The largest absolute Gasteiger partial charge is 0.392 e. The number of rotatable bonds is 3. The lowest BCUT2D eigenvalue weighted by Crippen LogP contribution is -2.16. The first-order chi connectivity index (χ1) is 7.74. The van der Waals surface area contributed by atoms with Crippen LogP contribution in [0.5, 0.6) is 0 Å². The van der Waals surface area contributed by atoms with E-state index in [1.165, 1.54) is 0 Å². The van der Waals surface area contributed by atoms with Crippen LogP contribution in [-0.4, -0.2) is 21.4 Å². The predicted octanol–water partition coefficient (Wildman–Crippen LogP) is 2.50. The molecule has 0 amide bonds. The number of nitrogens with zero attached hydrogens (tertiary/aromatic N) is 2. The molecule has 0 spiro atoms. The van der Waals surface area contributed by atoms with E-state index >= 15 is 0 Å². The van der Waals surface area contributed by atoms with Gasteiger partial charge < -0.3 is 5.11 Å². The molecule has 0 radical (unpaired) electrons. The molecule has 2 aromatic rings. The second-order valence-electron chi connectivity index (χ2n) is 4.08. The van der Waals surface area contributed by atoms with E-state index in [2.05, 4.69) is 10.2 Å². The fraction of sp³-hybridized carbons (Fsp3) is 0.385. The van der Waals surface area contributed by atoms with E-state index < -0.39 is 0 Å². The number of aliphatic hydroxyl groups excluding tert-OH is 1. The molecule has 3 heteroatoms. The van der Waals surface area contributed by atoms with Crippen molar-refractivity contribution >= 4 is 10.8 Å². The first-order valence-electron chi connectivity index (χ1n) is 5.62. The minimum absolute atomic E-state index is 0.0172. The summed E-state index contributed by atoms with van der Waals surface area (Å²) in [7, 11) is 0. The van der Waals surface area contributed by atoms with Crippen LogP contribution >= 0.6 is 0 Å². The van der Waals surface area contributed by atoms with Crippen molar-refractivity contribution in [3.8, 4) is 0 Å². The van der Waals surface area contributed by atoms with Crippen LogP contribution in [0.2, 0.25) is 0 Å². The number of hydrogen-bond acceptors (Lipinski definition) is 3. The third-order valence-corrected chi connectivity index (χ3v) is 3.03. The van der Waals surface area contributed by atoms with Crippen molar-refractivity contribution in [1.82, 2.24) is 10.2 Å². The average molecular weight is 216 g/mol. The minimum atomic E-state index is -0.361. The van der Waals surface area contributed by atoms with Crippen LogP contribution in [0.4, 0.5) is 0 Å². The fourth-order valence-electron chi connectivity index (χ4n) is 1.92. The Balaban J connectivity index is 2.52. The lowest BCUT2D eigenvalue weighted by atomic mass is 9.95. The number of aliphatic hydroxyl groups is 1. The molecule has 2 unspecified atom stereocenters. The number of fused-ring (bicyclic) bond motifs is 1. The Morgan fingerprint density at radius 1 is 1.31 bits per heavy atom. The maximum Gasteiger partial charge on any atom is 0.0763 e. The first-order valence-corrected chi connectivity index (χ1v) is 5.62. The summed E-state index contributed by atoms with van der Waals surface area (Å²) in [4.78, 5) is 0. The minimum Gasteiger partial charge on any atom is -0.392 e. The van der Waals surface area contributed by atoms with Gasteiger partial charge in [-0.3, -0.25) is 0 Å². The summed E-state index contributed by atoms with van der Waals surface area (Å²) in [6.45, 7) is 3.96. The Kier molecular flexibility index (Phi) is 3.15. The molecule has 1 heterocycles. The van der Waals surface area contributed by atoms with Gasteiger partial charge in [-0.25, -0.2) is 0 Å². The van der Waals surface area contributed by atoms with Crippen molar-refractivity contribution in [2.75, 3.05) is 0 Å². The van der Waals surface area contributed by atoms with Gasteiger partial charge in [0, 0.05) is 16.7 Å². The van der Waals surface area contributed by atoms with Crippen molar-refractivity contribution in [3.63, 3.8) is 0 Å². The third-order valence-electron chi connectivity index (χ3n) is 3.03. The van der Waals surface area contributed by atoms with Gasteiger partial charge in [0.25, 0.3) is 0 Å². The van der Waals surface area contributed by atoms with E-state index in [0.29, 0.717) is 0 Å². The highest BCUT2D eigenvalue weighted by Crippen LogP contribution is 2.25. The number of hydrogen-bond donors (Lipinski definition) is 1. The monoisotopic (exact) mass is 216 g/mol. The molecule has 0 saturated carbocycles. The molecule has 1 aromatic carbocycles. The molecule has 0 aliphatic rings. The maximum absolute atomic E-state index is 9.87. The molecule has 1 N–H and O–H groups in total. The average Bonchev–Trinajstić information content (AvgIpc) is 2.36. The van der Waals surface area contributed by atoms with Crippen LogP contribution in [0.15, 0.2) is 30.5 Å². The molecule has 2 atom stereocenters. The third kappa shape index (κ3) is 1.91. The molecule has 1 aromatic heterocycles. The predicted molar refractivity (Wildman–Crippen MR) is 64.3 cm³/mol. The van der Waals surface area contributed by atoms with Gasteiger partial charge >= 0.3 is 0 Å². The van der Waals surface area contributed by atoms with Gasteiger partial charge in [-0.2, -0.15) is 10.2 Å². The molecule has 3 nitrogen and oxygen atoms in total. The molecule has 0 bridgehead atoms. The van der Waals surface area contributed by atoms with E-state index in [-0.39, 0.29) is 12.0 Å². The molecular formula is C13H16N2O. The van der Waals surface area contributed by atoms with E-state index in [9.17, 15) is 5.11 Å². The lowest BCUT2D eigenvalue weighted by Gasteiger charge is -2.17. The lowest BCUT2D eigenvalue weighted by molar-refractivity contribution is 0.144. The van der Waals surface area contributed by atoms with Gasteiger partial charge in [0.15, 0.2) is 0 Å². The second kappa shape index (κ2) is 4.58. The summed E-state index contributed by atoms with van der Waals surface area (Å²) in [5.74, 6) is 0.0172. The van der Waals surface area contributed by atoms with Crippen molar-refractivity contribution in [1.29, 1.82) is 0 Å². The Hall–Kier alpha value is -1.48. The number of aromatic nitrogens is 2. The van der Waals surface area contributed by atoms with E-state index in [1.54, 1.807) is 6.20 Å². The summed E-state index contributed by atoms with van der Waals surface area (Å²) in [5, 5.41) is 20.2. The van der Waals surface area contributed by atoms with Gasteiger partial charge in [-0.1, -0.05) is 38.1 Å². The molecule has 0 fully saturated rings. The summed E-state index contributed by atoms with van der Waals surface area (Å²) >= 11 is 0. The van der Waals surface area contributed by atoms with Crippen LogP contribution < -0.4 is 0 Å². The quantitative estimate of drug-likeness (QED) is 0.857. The Morgan fingerprint density at radius 3 is 2.81 bits per heavy atom. The summed E-state index contributed by atoms with van der Waals surface area (Å²) in [6.07, 6.45) is 2.12. The number of benzene rings is 1. The molecule has 0 saturated heterocycles. The van der Waals surface area contributed by atoms with Crippen LogP contribution in [0.25, 0.3) is 10.8 Å². The van der Waals surface area contributed by atoms with Crippen molar-refractivity contribution in [2.24, 2.45) is 0 Å². The van der Waals surface area contributed by atoms with Gasteiger partial charge in [0.1, 0.15) is 0 Å². The zero-order chi connectivity index (χ0) is 11.5. The molecule has 84 valence electrons. The standard InChI is InChI=1S/C13H16N2O/c1-3-12(16)9(2)13-11-7-5-4-6-10(11)8-14-15-13/h4-9,12,16H,3H2,1-2H3. The van der Waals surface area contributed by atoms with Gasteiger partial charge in [-0.15, -0.1) is 0 Å². The highest BCUT2D eigenvalue weighted by atomic mass is 16.3. The molecule has 0 aliphatic carbocycles. The molecule has 16 heavy (non-hydrogen) atoms.